The van der Waals surface area contributed by atoms with Crippen molar-refractivity contribution in [2.45, 2.75) is 37.8 Å². The Bertz CT molecular complexity index is 492. The van der Waals surface area contributed by atoms with E-state index >= 15 is 0 Å². The molecule has 7 heteroatoms. The number of nitrogens with one attached hydrogen (secondary N) is 2. The number of carbonyl (C=O) groups is 1. The summed E-state index contributed by atoms with van der Waals surface area (Å²) in [5, 5.41) is 9.28. The van der Waals surface area contributed by atoms with Crippen LogP contribution < -0.4 is 10.6 Å². The number of amides is 2. The molecule has 1 aromatic heterocycles. The molecule has 128 valence electrons. The number of hydrogen-bond donors (Lipinski definition) is 2. The summed E-state index contributed by atoms with van der Waals surface area (Å²) in [6.07, 6.45) is 6.33. The quantitative estimate of drug-likeness (QED) is 0.798. The largest absolute Gasteiger partial charge is 0.383 e. The van der Waals surface area contributed by atoms with Crippen molar-refractivity contribution in [1.29, 1.82) is 0 Å². The first-order valence-electron chi connectivity index (χ1n) is 8.44. The monoisotopic (exact) mass is 338 g/mol. The number of ether oxygens (including phenoxy) is 1. The van der Waals surface area contributed by atoms with Gasteiger partial charge in [-0.3, -0.25) is 4.90 Å². The number of aromatic nitrogens is 1. The molecule has 2 heterocycles. The molecule has 2 atom stereocenters. The van der Waals surface area contributed by atoms with E-state index in [1.54, 1.807) is 18.4 Å². The normalized spacial score (nSPS) is 23.4. The van der Waals surface area contributed by atoms with Crippen molar-refractivity contribution >= 4 is 17.4 Å². The second kappa shape index (κ2) is 8.08. The fourth-order valence-electron chi connectivity index (χ4n) is 3.16. The van der Waals surface area contributed by atoms with Crippen molar-refractivity contribution in [3.8, 4) is 0 Å². The molecule has 2 aliphatic rings. The van der Waals surface area contributed by atoms with E-state index in [4.69, 9.17) is 4.74 Å². The van der Waals surface area contributed by atoms with Crippen LogP contribution in [0.5, 0.6) is 0 Å². The molecule has 6 nitrogen and oxygen atoms in total. The van der Waals surface area contributed by atoms with Crippen LogP contribution >= 0.6 is 11.3 Å². The van der Waals surface area contributed by atoms with E-state index in [0.29, 0.717) is 5.92 Å². The van der Waals surface area contributed by atoms with Gasteiger partial charge in [0.15, 0.2) is 0 Å². The zero-order valence-corrected chi connectivity index (χ0v) is 14.5. The van der Waals surface area contributed by atoms with E-state index in [0.717, 1.165) is 44.1 Å². The molecule has 1 aliphatic heterocycles. The molecule has 1 aliphatic carbocycles. The maximum Gasteiger partial charge on any atom is 0.315 e. The molecule has 23 heavy (non-hydrogen) atoms. The minimum atomic E-state index is -0.0595. The van der Waals surface area contributed by atoms with Crippen molar-refractivity contribution < 1.29 is 9.53 Å². The number of nitrogens with zero attached hydrogens (tertiary/aromatic N) is 2. The Morgan fingerprint density at radius 2 is 2.39 bits per heavy atom. The lowest BCUT2D eigenvalue weighted by Crippen LogP contribution is -2.51. The fraction of sp³-hybridized carbons (Fsp3) is 0.750. The number of hydrogen-bond acceptors (Lipinski definition) is 5. The molecule has 0 radical (unpaired) electrons. The van der Waals surface area contributed by atoms with Crippen LogP contribution in [0.25, 0.3) is 0 Å². The molecular weight excluding hydrogens is 312 g/mol. The average molecular weight is 338 g/mol. The molecule has 0 bridgehead atoms. The van der Waals surface area contributed by atoms with Crippen molar-refractivity contribution in [1.82, 2.24) is 20.5 Å². The Labute approximate surface area is 141 Å². The highest BCUT2D eigenvalue weighted by Crippen LogP contribution is 2.41. The summed E-state index contributed by atoms with van der Waals surface area (Å²) in [4.78, 5) is 19.1. The Balaban J connectivity index is 1.48. The van der Waals surface area contributed by atoms with Gasteiger partial charge in [-0.2, -0.15) is 0 Å². The van der Waals surface area contributed by atoms with Crippen molar-refractivity contribution in [3.63, 3.8) is 0 Å². The Kier molecular flexibility index (Phi) is 5.85. The van der Waals surface area contributed by atoms with Crippen molar-refractivity contribution in [2.24, 2.45) is 5.92 Å². The highest BCUT2D eigenvalue weighted by molar-refractivity contribution is 7.09. The van der Waals surface area contributed by atoms with E-state index in [-0.39, 0.29) is 18.1 Å². The van der Waals surface area contributed by atoms with Gasteiger partial charge in [0.1, 0.15) is 5.01 Å². The molecule has 2 unspecified atom stereocenters. The van der Waals surface area contributed by atoms with Crippen LogP contribution in [-0.4, -0.2) is 55.3 Å². The van der Waals surface area contributed by atoms with Gasteiger partial charge in [-0.25, -0.2) is 9.78 Å². The van der Waals surface area contributed by atoms with Gasteiger partial charge in [0.25, 0.3) is 0 Å². The van der Waals surface area contributed by atoms with Gasteiger partial charge in [0, 0.05) is 37.8 Å². The van der Waals surface area contributed by atoms with Gasteiger partial charge in [0.2, 0.25) is 0 Å². The lowest BCUT2D eigenvalue weighted by atomic mass is 10.1. The molecule has 2 N–H and O–H groups in total. The average Bonchev–Trinajstić information content (AvgIpc) is 3.25. The molecule has 3 rings (SSSR count). The summed E-state index contributed by atoms with van der Waals surface area (Å²) in [7, 11) is 1.73. The maximum absolute atomic E-state index is 12.4. The molecule has 1 aromatic rings. The van der Waals surface area contributed by atoms with E-state index in [2.05, 4.69) is 20.5 Å². The fourth-order valence-corrected chi connectivity index (χ4v) is 3.94. The lowest BCUT2D eigenvalue weighted by molar-refractivity contribution is 0.123. The highest BCUT2D eigenvalue weighted by atomic mass is 32.1. The topological polar surface area (TPSA) is 66.5 Å². The summed E-state index contributed by atoms with van der Waals surface area (Å²) in [5.41, 5.74) is 0. The SMILES string of the molecule is COCCN1CCCC(NC(=O)NC(c2nccs2)C2CC2)C1. The van der Waals surface area contributed by atoms with Gasteiger partial charge < -0.3 is 15.4 Å². The first-order valence-corrected chi connectivity index (χ1v) is 9.32. The minimum Gasteiger partial charge on any atom is -0.383 e. The van der Waals surface area contributed by atoms with Gasteiger partial charge in [-0.05, 0) is 38.1 Å². The number of carbonyl (C=O) groups excluding carboxylic acids is 1. The van der Waals surface area contributed by atoms with Gasteiger partial charge in [-0.15, -0.1) is 11.3 Å². The summed E-state index contributed by atoms with van der Waals surface area (Å²) >= 11 is 1.62. The molecule has 1 saturated heterocycles. The molecule has 1 saturated carbocycles. The van der Waals surface area contributed by atoms with Crippen LogP contribution in [-0.2, 0) is 4.74 Å². The first kappa shape index (κ1) is 16.7. The molecule has 2 amide bonds. The third-order valence-corrected chi connectivity index (χ3v) is 5.41. The third kappa shape index (κ3) is 4.89. The predicted octanol–water partition coefficient (Wildman–Crippen LogP) is 2.00. The van der Waals surface area contributed by atoms with Crippen LogP contribution in [0.3, 0.4) is 0 Å². The molecule has 2 fully saturated rings. The van der Waals surface area contributed by atoms with E-state index in [1.165, 1.54) is 12.8 Å². The summed E-state index contributed by atoms with van der Waals surface area (Å²) in [5.74, 6) is 0.552. The van der Waals surface area contributed by atoms with E-state index < -0.39 is 0 Å². The number of urea groups is 1. The van der Waals surface area contributed by atoms with Crippen LogP contribution in [0.2, 0.25) is 0 Å². The smallest absolute Gasteiger partial charge is 0.315 e. The number of rotatable bonds is 7. The second-order valence-corrected chi connectivity index (χ2v) is 7.36. The van der Waals surface area contributed by atoms with Crippen LogP contribution in [0.1, 0.15) is 36.7 Å². The standard InChI is InChI=1S/C16H26N4O2S/c1-22-9-8-20-7-2-3-13(11-20)18-16(21)19-14(12-4-5-12)15-17-6-10-23-15/h6,10,12-14H,2-5,7-9,11H2,1H3,(H2,18,19,21). The summed E-state index contributed by atoms with van der Waals surface area (Å²) in [6.45, 7) is 3.67. The predicted molar refractivity (Wildman–Crippen MR) is 90.6 cm³/mol. The second-order valence-electron chi connectivity index (χ2n) is 6.44. The Morgan fingerprint density at radius 3 is 3.09 bits per heavy atom. The number of piperidine rings is 1. The maximum atomic E-state index is 12.4. The molecule has 0 spiro atoms. The van der Waals surface area contributed by atoms with Crippen molar-refractivity contribution in [3.05, 3.63) is 16.6 Å². The third-order valence-electron chi connectivity index (χ3n) is 4.55. The Morgan fingerprint density at radius 1 is 1.52 bits per heavy atom. The van der Waals surface area contributed by atoms with Crippen LogP contribution in [0, 0.1) is 5.92 Å². The first-order chi connectivity index (χ1) is 11.3. The lowest BCUT2D eigenvalue weighted by Gasteiger charge is -2.33. The summed E-state index contributed by atoms with van der Waals surface area (Å²) in [6, 6.07) is 0.232. The Hall–Kier alpha value is -1.18. The van der Waals surface area contributed by atoms with Gasteiger partial charge >= 0.3 is 6.03 Å². The molecule has 0 aromatic carbocycles. The number of methoxy groups -OCH3 is 1. The van der Waals surface area contributed by atoms with Gasteiger partial charge in [0.05, 0.1) is 12.6 Å². The summed E-state index contributed by atoms with van der Waals surface area (Å²) < 4.78 is 5.14. The van der Waals surface area contributed by atoms with Crippen LogP contribution in [0.15, 0.2) is 11.6 Å². The van der Waals surface area contributed by atoms with Crippen LogP contribution in [0.4, 0.5) is 4.79 Å². The van der Waals surface area contributed by atoms with E-state index in [9.17, 15) is 4.79 Å². The highest BCUT2D eigenvalue weighted by Gasteiger charge is 2.35. The zero-order valence-electron chi connectivity index (χ0n) is 13.7. The van der Waals surface area contributed by atoms with Gasteiger partial charge in [-0.1, -0.05) is 0 Å². The number of likely N-dealkylation sites (tertiary alicyclic amines) is 1. The van der Waals surface area contributed by atoms with Crippen molar-refractivity contribution in [2.75, 3.05) is 33.4 Å². The zero-order chi connectivity index (χ0) is 16.1. The molecular formula is C16H26N4O2S. The number of thiazole rings is 1. The van der Waals surface area contributed by atoms with E-state index in [1.807, 2.05) is 11.6 Å². The minimum absolute atomic E-state index is 0.0595.